The van der Waals surface area contributed by atoms with Crippen LogP contribution in [0.15, 0.2) is 23.1 Å². The predicted octanol–water partition coefficient (Wildman–Crippen LogP) is 2.05. The summed E-state index contributed by atoms with van der Waals surface area (Å²) >= 11 is 3.37. The maximum Gasteiger partial charge on any atom is 0.233 e. The van der Waals surface area contributed by atoms with Crippen molar-refractivity contribution in [2.75, 3.05) is 0 Å². The SMILES string of the molecule is CCc1cnc2ncc(Br)cn12. The highest BCUT2D eigenvalue weighted by Crippen LogP contribution is 2.10. The van der Waals surface area contributed by atoms with E-state index in [0.29, 0.717) is 0 Å². The molecule has 4 heteroatoms. The van der Waals surface area contributed by atoms with Crippen molar-refractivity contribution in [2.24, 2.45) is 0 Å². The molecule has 2 aromatic rings. The summed E-state index contributed by atoms with van der Waals surface area (Å²) in [7, 11) is 0. The molecule has 2 heterocycles. The Bertz CT molecular complexity index is 408. The zero-order chi connectivity index (χ0) is 8.55. The first kappa shape index (κ1) is 7.73. The van der Waals surface area contributed by atoms with Gasteiger partial charge in [0.2, 0.25) is 5.78 Å². The Labute approximate surface area is 78.6 Å². The summed E-state index contributed by atoms with van der Waals surface area (Å²) < 4.78 is 2.96. The van der Waals surface area contributed by atoms with E-state index in [4.69, 9.17) is 0 Å². The van der Waals surface area contributed by atoms with Gasteiger partial charge in [-0.1, -0.05) is 6.92 Å². The van der Waals surface area contributed by atoms with E-state index in [-0.39, 0.29) is 0 Å². The van der Waals surface area contributed by atoms with Crippen molar-refractivity contribution in [1.82, 2.24) is 14.4 Å². The Morgan fingerprint density at radius 1 is 1.42 bits per heavy atom. The van der Waals surface area contributed by atoms with Gasteiger partial charge in [-0.25, -0.2) is 9.97 Å². The third-order valence-corrected chi connectivity index (χ3v) is 2.18. The predicted molar refractivity (Wildman–Crippen MR) is 50.1 cm³/mol. The van der Waals surface area contributed by atoms with E-state index in [2.05, 4.69) is 32.8 Å². The maximum absolute atomic E-state index is 4.16. The van der Waals surface area contributed by atoms with Gasteiger partial charge in [0.1, 0.15) is 0 Å². The lowest BCUT2D eigenvalue weighted by Crippen LogP contribution is -1.92. The molecule has 0 radical (unpaired) electrons. The molecule has 0 aromatic carbocycles. The lowest BCUT2D eigenvalue weighted by molar-refractivity contribution is 0.973. The highest BCUT2D eigenvalue weighted by atomic mass is 79.9. The molecule has 0 bridgehead atoms. The number of fused-ring (bicyclic) bond motifs is 1. The fourth-order valence-corrected chi connectivity index (χ4v) is 1.47. The molecule has 0 unspecified atom stereocenters. The minimum absolute atomic E-state index is 0.759. The lowest BCUT2D eigenvalue weighted by Gasteiger charge is -1.96. The second-order valence-electron chi connectivity index (χ2n) is 2.55. The Morgan fingerprint density at radius 3 is 2.92 bits per heavy atom. The summed E-state index contributed by atoms with van der Waals surface area (Å²) in [6.07, 6.45) is 6.56. The van der Waals surface area contributed by atoms with E-state index in [1.807, 2.05) is 16.8 Å². The number of aromatic nitrogens is 3. The first-order valence-electron chi connectivity index (χ1n) is 3.78. The summed E-state index contributed by atoms with van der Waals surface area (Å²) in [5.41, 5.74) is 1.18. The molecule has 0 saturated carbocycles. The number of nitrogens with zero attached hydrogens (tertiary/aromatic N) is 3. The molecule has 0 aliphatic carbocycles. The first-order valence-corrected chi connectivity index (χ1v) is 4.58. The van der Waals surface area contributed by atoms with E-state index in [1.54, 1.807) is 6.20 Å². The van der Waals surface area contributed by atoms with Crippen molar-refractivity contribution < 1.29 is 0 Å². The minimum Gasteiger partial charge on any atom is -0.287 e. The monoisotopic (exact) mass is 225 g/mol. The number of rotatable bonds is 1. The van der Waals surface area contributed by atoms with Gasteiger partial charge in [-0.3, -0.25) is 4.40 Å². The molecule has 12 heavy (non-hydrogen) atoms. The summed E-state index contributed by atoms with van der Waals surface area (Å²) in [6, 6.07) is 0. The maximum atomic E-state index is 4.16. The van der Waals surface area contributed by atoms with Crippen LogP contribution in [0, 0.1) is 0 Å². The largest absolute Gasteiger partial charge is 0.287 e. The number of hydrogen-bond donors (Lipinski definition) is 0. The van der Waals surface area contributed by atoms with Gasteiger partial charge in [-0.15, -0.1) is 0 Å². The molecular formula is C8H8BrN3. The molecule has 62 valence electrons. The van der Waals surface area contributed by atoms with Gasteiger partial charge in [0, 0.05) is 18.1 Å². The third-order valence-electron chi connectivity index (χ3n) is 1.77. The summed E-state index contributed by atoms with van der Waals surface area (Å²) in [6.45, 7) is 2.10. The third kappa shape index (κ3) is 1.12. The zero-order valence-corrected chi connectivity index (χ0v) is 8.24. The standard InChI is InChI=1S/C8H8BrN3/c1-2-7-4-11-8-10-3-6(9)5-12(7)8/h3-5H,2H2,1H3. The number of halogens is 1. The van der Waals surface area contributed by atoms with Gasteiger partial charge in [-0.2, -0.15) is 0 Å². The molecule has 0 aliphatic rings. The lowest BCUT2D eigenvalue weighted by atomic mass is 10.4. The van der Waals surface area contributed by atoms with Crippen molar-refractivity contribution >= 4 is 21.7 Å². The molecule has 0 atom stereocenters. The van der Waals surface area contributed by atoms with Crippen LogP contribution in [0.3, 0.4) is 0 Å². The molecule has 0 fully saturated rings. The number of hydrogen-bond acceptors (Lipinski definition) is 2. The average Bonchev–Trinajstić information content (AvgIpc) is 2.46. The number of aryl methyl sites for hydroxylation is 1. The fraction of sp³-hybridized carbons (Fsp3) is 0.250. The van der Waals surface area contributed by atoms with Gasteiger partial charge >= 0.3 is 0 Å². The number of imidazole rings is 1. The van der Waals surface area contributed by atoms with Crippen LogP contribution in [-0.4, -0.2) is 14.4 Å². The zero-order valence-electron chi connectivity index (χ0n) is 6.66. The Kier molecular flexibility index (Phi) is 1.84. The van der Waals surface area contributed by atoms with Gasteiger partial charge in [0.15, 0.2) is 0 Å². The Hall–Kier alpha value is -0.900. The summed E-state index contributed by atoms with van der Waals surface area (Å²) in [5, 5.41) is 0. The molecule has 0 spiro atoms. The van der Waals surface area contributed by atoms with E-state index in [0.717, 1.165) is 16.7 Å². The van der Waals surface area contributed by atoms with E-state index in [1.165, 1.54) is 5.69 Å². The van der Waals surface area contributed by atoms with Crippen LogP contribution < -0.4 is 0 Å². The van der Waals surface area contributed by atoms with Crippen LogP contribution in [0.1, 0.15) is 12.6 Å². The van der Waals surface area contributed by atoms with Crippen LogP contribution in [-0.2, 0) is 6.42 Å². The van der Waals surface area contributed by atoms with Crippen LogP contribution in [0.5, 0.6) is 0 Å². The van der Waals surface area contributed by atoms with Crippen molar-refractivity contribution in [3.63, 3.8) is 0 Å². The van der Waals surface area contributed by atoms with E-state index >= 15 is 0 Å². The molecule has 0 aliphatic heterocycles. The first-order chi connectivity index (χ1) is 5.81. The topological polar surface area (TPSA) is 30.2 Å². The second-order valence-corrected chi connectivity index (χ2v) is 3.46. The molecule has 0 saturated heterocycles. The Balaban J connectivity index is 2.75. The van der Waals surface area contributed by atoms with Crippen LogP contribution >= 0.6 is 15.9 Å². The quantitative estimate of drug-likeness (QED) is 0.744. The highest BCUT2D eigenvalue weighted by Gasteiger charge is 2.01. The summed E-state index contributed by atoms with van der Waals surface area (Å²) in [4.78, 5) is 8.32. The normalized spacial score (nSPS) is 10.8. The Morgan fingerprint density at radius 2 is 2.17 bits per heavy atom. The van der Waals surface area contributed by atoms with Crippen LogP contribution in [0.4, 0.5) is 0 Å². The van der Waals surface area contributed by atoms with Crippen molar-refractivity contribution in [3.05, 3.63) is 28.8 Å². The molecule has 2 aromatic heterocycles. The molecular weight excluding hydrogens is 218 g/mol. The molecule has 2 rings (SSSR count). The highest BCUT2D eigenvalue weighted by molar-refractivity contribution is 9.10. The van der Waals surface area contributed by atoms with Gasteiger partial charge in [0.25, 0.3) is 0 Å². The van der Waals surface area contributed by atoms with Crippen LogP contribution in [0.2, 0.25) is 0 Å². The molecule has 3 nitrogen and oxygen atoms in total. The second kappa shape index (κ2) is 2.86. The van der Waals surface area contributed by atoms with E-state index < -0.39 is 0 Å². The summed E-state index contributed by atoms with van der Waals surface area (Å²) in [5.74, 6) is 0.759. The fourth-order valence-electron chi connectivity index (χ4n) is 1.16. The van der Waals surface area contributed by atoms with Gasteiger partial charge in [0.05, 0.1) is 10.7 Å². The molecule has 0 amide bonds. The average molecular weight is 226 g/mol. The van der Waals surface area contributed by atoms with Crippen molar-refractivity contribution in [3.8, 4) is 0 Å². The van der Waals surface area contributed by atoms with Crippen molar-refractivity contribution in [1.29, 1.82) is 0 Å². The smallest absolute Gasteiger partial charge is 0.233 e. The minimum atomic E-state index is 0.759. The van der Waals surface area contributed by atoms with Gasteiger partial charge in [-0.05, 0) is 22.4 Å². The van der Waals surface area contributed by atoms with Gasteiger partial charge < -0.3 is 0 Å². The van der Waals surface area contributed by atoms with E-state index in [9.17, 15) is 0 Å². The van der Waals surface area contributed by atoms with Crippen molar-refractivity contribution in [2.45, 2.75) is 13.3 Å². The molecule has 0 N–H and O–H groups in total. The van der Waals surface area contributed by atoms with Crippen LogP contribution in [0.25, 0.3) is 5.78 Å².